The molecule has 2 amide bonds. The molecule has 2 aromatic heterocycles. The highest BCUT2D eigenvalue weighted by molar-refractivity contribution is 7.98. The lowest BCUT2D eigenvalue weighted by Crippen LogP contribution is -2.38. The molecule has 2 rings (SSSR count). The van der Waals surface area contributed by atoms with Gasteiger partial charge >= 0.3 is 6.03 Å². The number of amides is 2. The molecule has 8 heteroatoms. The summed E-state index contributed by atoms with van der Waals surface area (Å²) in [6.07, 6.45) is 7.46. The second-order valence-electron chi connectivity index (χ2n) is 5.04. The van der Waals surface area contributed by atoms with Gasteiger partial charge < -0.3 is 19.4 Å². The summed E-state index contributed by atoms with van der Waals surface area (Å²) in [6, 6.07) is -0.0929. The van der Waals surface area contributed by atoms with Crippen LogP contribution in [0.5, 0.6) is 0 Å². The maximum absolute atomic E-state index is 12.1. The molecule has 0 atom stereocenters. The van der Waals surface area contributed by atoms with Gasteiger partial charge in [0.2, 0.25) is 0 Å². The number of rotatable bonds is 6. The minimum atomic E-state index is -0.0929. The van der Waals surface area contributed by atoms with E-state index in [1.807, 2.05) is 35.6 Å². The van der Waals surface area contributed by atoms with Gasteiger partial charge in [0.15, 0.2) is 5.16 Å². The lowest BCUT2D eigenvalue weighted by molar-refractivity contribution is 0.206. The molecule has 2 heterocycles. The summed E-state index contributed by atoms with van der Waals surface area (Å²) >= 11 is 1.58. The van der Waals surface area contributed by atoms with Crippen LogP contribution in [0.2, 0.25) is 0 Å². The van der Waals surface area contributed by atoms with Crippen molar-refractivity contribution >= 4 is 17.8 Å². The van der Waals surface area contributed by atoms with Crippen LogP contribution in [0.15, 0.2) is 23.7 Å². The molecule has 0 saturated carbocycles. The standard InChI is InChI=1S/C14H22N6OS/c1-11-15-5-6-20(11)8-7-18(2)13(21)16-9-12-10-17-14(22-4)19(12)3/h5-6,10H,7-9H2,1-4H3,(H,16,21). The fourth-order valence-corrected chi connectivity index (χ4v) is 2.63. The zero-order valence-corrected chi connectivity index (χ0v) is 14.2. The number of imidazole rings is 2. The van der Waals surface area contributed by atoms with E-state index in [0.717, 1.165) is 23.2 Å². The number of nitrogens with zero attached hydrogens (tertiary/aromatic N) is 5. The molecular formula is C14H22N6OS. The van der Waals surface area contributed by atoms with Crippen molar-refractivity contribution in [2.24, 2.45) is 7.05 Å². The monoisotopic (exact) mass is 322 g/mol. The smallest absolute Gasteiger partial charge is 0.317 e. The molecule has 0 spiro atoms. The van der Waals surface area contributed by atoms with Gasteiger partial charge in [-0.05, 0) is 13.2 Å². The van der Waals surface area contributed by atoms with Crippen molar-refractivity contribution in [1.29, 1.82) is 0 Å². The largest absolute Gasteiger partial charge is 0.333 e. The van der Waals surface area contributed by atoms with Crippen molar-refractivity contribution in [1.82, 2.24) is 29.3 Å². The Morgan fingerprint density at radius 3 is 2.82 bits per heavy atom. The molecule has 2 aromatic rings. The fraction of sp³-hybridized carbons (Fsp3) is 0.500. The quantitative estimate of drug-likeness (QED) is 0.818. The van der Waals surface area contributed by atoms with Crippen LogP contribution in [0.25, 0.3) is 0 Å². The highest BCUT2D eigenvalue weighted by Gasteiger charge is 2.11. The van der Waals surface area contributed by atoms with Crippen LogP contribution in [-0.2, 0) is 20.1 Å². The molecule has 1 N–H and O–H groups in total. The third kappa shape index (κ3) is 3.82. The maximum Gasteiger partial charge on any atom is 0.317 e. The van der Waals surface area contributed by atoms with Crippen LogP contribution >= 0.6 is 11.8 Å². The predicted molar refractivity (Wildman–Crippen MR) is 86.8 cm³/mol. The normalized spacial score (nSPS) is 10.7. The molecule has 0 radical (unpaired) electrons. The Balaban J connectivity index is 1.81. The van der Waals surface area contributed by atoms with Crippen LogP contribution in [0.4, 0.5) is 4.79 Å². The topological polar surface area (TPSA) is 68.0 Å². The van der Waals surface area contributed by atoms with E-state index < -0.39 is 0 Å². The van der Waals surface area contributed by atoms with Gasteiger partial charge in [-0.3, -0.25) is 0 Å². The number of carbonyl (C=O) groups is 1. The lowest BCUT2D eigenvalue weighted by atomic mass is 10.4. The Morgan fingerprint density at radius 1 is 1.45 bits per heavy atom. The molecule has 0 unspecified atom stereocenters. The van der Waals surface area contributed by atoms with Crippen LogP contribution in [0.3, 0.4) is 0 Å². The highest BCUT2D eigenvalue weighted by atomic mass is 32.2. The van der Waals surface area contributed by atoms with Crippen LogP contribution in [-0.4, -0.2) is 49.9 Å². The molecule has 0 aliphatic rings. The molecule has 22 heavy (non-hydrogen) atoms. The van der Waals surface area contributed by atoms with Crippen LogP contribution in [0, 0.1) is 6.92 Å². The van der Waals surface area contributed by atoms with E-state index in [4.69, 9.17) is 0 Å². The third-order valence-electron chi connectivity index (χ3n) is 3.59. The number of aryl methyl sites for hydroxylation is 1. The van der Waals surface area contributed by atoms with E-state index in [9.17, 15) is 4.79 Å². The van der Waals surface area contributed by atoms with Gasteiger partial charge in [0.1, 0.15) is 5.82 Å². The number of likely N-dealkylation sites (N-methyl/N-ethyl adjacent to an activating group) is 1. The first kappa shape index (κ1) is 16.4. The molecule has 120 valence electrons. The number of hydrogen-bond donors (Lipinski definition) is 1. The average molecular weight is 322 g/mol. The number of nitrogens with one attached hydrogen (secondary N) is 1. The number of thioether (sulfide) groups is 1. The Hall–Kier alpha value is -1.96. The molecule has 0 bridgehead atoms. The van der Waals surface area contributed by atoms with E-state index in [2.05, 4.69) is 15.3 Å². The van der Waals surface area contributed by atoms with Gasteiger partial charge in [-0.2, -0.15) is 0 Å². The second-order valence-corrected chi connectivity index (χ2v) is 5.82. The summed E-state index contributed by atoms with van der Waals surface area (Å²) in [4.78, 5) is 22.2. The van der Waals surface area contributed by atoms with Crippen LogP contribution in [0.1, 0.15) is 11.5 Å². The van der Waals surface area contributed by atoms with E-state index in [0.29, 0.717) is 13.1 Å². The number of aromatic nitrogens is 4. The third-order valence-corrected chi connectivity index (χ3v) is 4.34. The summed E-state index contributed by atoms with van der Waals surface area (Å²) in [5.74, 6) is 0.952. The minimum absolute atomic E-state index is 0.0929. The van der Waals surface area contributed by atoms with E-state index in [1.54, 1.807) is 36.1 Å². The average Bonchev–Trinajstić information content (AvgIpc) is 3.08. The van der Waals surface area contributed by atoms with Crippen molar-refractivity contribution in [2.75, 3.05) is 19.8 Å². The van der Waals surface area contributed by atoms with Gasteiger partial charge in [-0.15, -0.1) is 0 Å². The first-order valence-corrected chi connectivity index (χ1v) is 8.26. The van der Waals surface area contributed by atoms with Gasteiger partial charge in [-0.25, -0.2) is 14.8 Å². The Kier molecular flexibility index (Phi) is 5.48. The molecule has 0 aromatic carbocycles. The molecule has 0 fully saturated rings. The first-order valence-electron chi connectivity index (χ1n) is 7.04. The highest BCUT2D eigenvalue weighted by Crippen LogP contribution is 2.13. The van der Waals surface area contributed by atoms with E-state index >= 15 is 0 Å². The van der Waals surface area contributed by atoms with Gasteiger partial charge in [0, 0.05) is 39.6 Å². The SMILES string of the molecule is CSc1ncc(CNC(=O)N(C)CCn2ccnc2C)n1C. The lowest BCUT2D eigenvalue weighted by Gasteiger charge is -2.18. The minimum Gasteiger partial charge on any atom is -0.333 e. The number of hydrogen-bond acceptors (Lipinski definition) is 4. The van der Waals surface area contributed by atoms with Gasteiger partial charge in [-0.1, -0.05) is 11.8 Å². The summed E-state index contributed by atoms with van der Waals surface area (Å²) in [6.45, 7) is 3.78. The number of carbonyl (C=O) groups excluding carboxylic acids is 1. The summed E-state index contributed by atoms with van der Waals surface area (Å²) in [7, 11) is 3.74. The predicted octanol–water partition coefficient (Wildman–Crippen LogP) is 1.49. The van der Waals surface area contributed by atoms with Crippen LogP contribution < -0.4 is 5.32 Å². The van der Waals surface area contributed by atoms with Crippen molar-refractivity contribution < 1.29 is 4.79 Å². The Bertz CT molecular complexity index is 635. The number of urea groups is 1. The summed E-state index contributed by atoms with van der Waals surface area (Å²) < 4.78 is 4.01. The molecule has 0 aliphatic heterocycles. The Labute approximate surface area is 134 Å². The molecule has 0 saturated heterocycles. The molecule has 0 aliphatic carbocycles. The van der Waals surface area contributed by atoms with Crippen molar-refractivity contribution in [3.63, 3.8) is 0 Å². The van der Waals surface area contributed by atoms with E-state index in [-0.39, 0.29) is 6.03 Å². The zero-order chi connectivity index (χ0) is 16.1. The molecular weight excluding hydrogens is 300 g/mol. The zero-order valence-electron chi connectivity index (χ0n) is 13.4. The van der Waals surface area contributed by atoms with Crippen molar-refractivity contribution in [3.8, 4) is 0 Å². The maximum atomic E-state index is 12.1. The summed E-state index contributed by atoms with van der Waals surface area (Å²) in [5, 5.41) is 3.85. The second kappa shape index (κ2) is 7.35. The molecule has 7 nitrogen and oxygen atoms in total. The van der Waals surface area contributed by atoms with Gasteiger partial charge in [0.05, 0.1) is 18.4 Å². The van der Waals surface area contributed by atoms with Crippen molar-refractivity contribution in [2.45, 2.75) is 25.2 Å². The fourth-order valence-electron chi connectivity index (χ4n) is 2.08. The van der Waals surface area contributed by atoms with Gasteiger partial charge in [0.25, 0.3) is 0 Å². The van der Waals surface area contributed by atoms with Crippen molar-refractivity contribution in [3.05, 3.63) is 30.1 Å². The Morgan fingerprint density at radius 2 is 2.23 bits per heavy atom. The summed E-state index contributed by atoms with van der Waals surface area (Å²) in [5.41, 5.74) is 0.983. The van der Waals surface area contributed by atoms with E-state index in [1.165, 1.54) is 0 Å². The first-order chi connectivity index (χ1) is 10.5.